The molecule has 0 radical (unpaired) electrons. The summed E-state index contributed by atoms with van der Waals surface area (Å²) in [4.78, 5) is 0. The number of fused-ring (bicyclic) bond motifs is 1. The highest BCUT2D eigenvalue weighted by Gasteiger charge is 2.32. The van der Waals surface area contributed by atoms with Gasteiger partial charge in [0.1, 0.15) is 0 Å². The summed E-state index contributed by atoms with van der Waals surface area (Å²) < 4.78 is 0. The van der Waals surface area contributed by atoms with Crippen molar-refractivity contribution >= 4 is 0 Å². The van der Waals surface area contributed by atoms with Crippen LogP contribution in [0, 0.1) is 0 Å². The standard InChI is InChI=1S/C19H23N/c1-3-13-9-10-14(4-2)17(11-13)19(20)18-12-15-7-5-6-8-16(15)18/h5-11,18-19H,3-4,12,20H2,1-2H3. The van der Waals surface area contributed by atoms with E-state index in [1.807, 2.05) is 0 Å². The molecular weight excluding hydrogens is 242 g/mol. The Morgan fingerprint density at radius 3 is 2.60 bits per heavy atom. The van der Waals surface area contributed by atoms with Gasteiger partial charge in [0, 0.05) is 12.0 Å². The summed E-state index contributed by atoms with van der Waals surface area (Å²) >= 11 is 0. The zero-order chi connectivity index (χ0) is 14.1. The van der Waals surface area contributed by atoms with Gasteiger partial charge in [0.05, 0.1) is 0 Å². The summed E-state index contributed by atoms with van der Waals surface area (Å²) in [5, 5.41) is 0. The van der Waals surface area contributed by atoms with Crippen molar-refractivity contribution in [1.29, 1.82) is 0 Å². The molecule has 1 aliphatic rings. The van der Waals surface area contributed by atoms with E-state index >= 15 is 0 Å². The van der Waals surface area contributed by atoms with Gasteiger partial charge in [-0.25, -0.2) is 0 Å². The Balaban J connectivity index is 1.93. The maximum Gasteiger partial charge on any atom is 0.0370 e. The predicted octanol–water partition coefficient (Wildman–Crippen LogP) is 4.15. The van der Waals surface area contributed by atoms with Crippen molar-refractivity contribution in [3.05, 3.63) is 70.3 Å². The van der Waals surface area contributed by atoms with Gasteiger partial charge in [0.25, 0.3) is 0 Å². The Morgan fingerprint density at radius 2 is 1.90 bits per heavy atom. The zero-order valence-corrected chi connectivity index (χ0v) is 12.4. The Kier molecular flexibility index (Phi) is 3.62. The molecule has 3 rings (SSSR count). The van der Waals surface area contributed by atoms with Crippen LogP contribution in [0.5, 0.6) is 0 Å². The van der Waals surface area contributed by atoms with Crippen LogP contribution >= 0.6 is 0 Å². The van der Waals surface area contributed by atoms with Gasteiger partial charge in [-0.3, -0.25) is 0 Å². The molecule has 2 unspecified atom stereocenters. The van der Waals surface area contributed by atoms with Gasteiger partial charge >= 0.3 is 0 Å². The smallest absolute Gasteiger partial charge is 0.0370 e. The van der Waals surface area contributed by atoms with Gasteiger partial charge in [-0.05, 0) is 47.1 Å². The zero-order valence-electron chi connectivity index (χ0n) is 12.4. The molecular formula is C19H23N. The summed E-state index contributed by atoms with van der Waals surface area (Å²) in [7, 11) is 0. The first-order valence-electron chi connectivity index (χ1n) is 7.69. The van der Waals surface area contributed by atoms with Crippen LogP contribution in [0.15, 0.2) is 42.5 Å². The molecule has 20 heavy (non-hydrogen) atoms. The number of aryl methyl sites for hydroxylation is 2. The molecule has 2 aromatic carbocycles. The second-order valence-electron chi connectivity index (χ2n) is 5.78. The van der Waals surface area contributed by atoms with Gasteiger partial charge in [0.2, 0.25) is 0 Å². The normalized spacial score (nSPS) is 18.2. The molecule has 1 aliphatic carbocycles. The molecule has 2 aromatic rings. The van der Waals surface area contributed by atoms with E-state index in [9.17, 15) is 0 Å². The minimum Gasteiger partial charge on any atom is -0.323 e. The molecule has 0 bridgehead atoms. The third kappa shape index (κ3) is 2.16. The van der Waals surface area contributed by atoms with E-state index in [0.717, 1.165) is 19.3 Å². The topological polar surface area (TPSA) is 26.0 Å². The number of hydrogen-bond donors (Lipinski definition) is 1. The number of nitrogens with two attached hydrogens (primary N) is 1. The molecule has 0 amide bonds. The maximum absolute atomic E-state index is 6.62. The largest absolute Gasteiger partial charge is 0.323 e. The molecule has 0 spiro atoms. The fraction of sp³-hybridized carbons (Fsp3) is 0.368. The lowest BCUT2D eigenvalue weighted by atomic mass is 9.71. The molecule has 1 heteroatoms. The third-order valence-electron chi connectivity index (χ3n) is 4.69. The van der Waals surface area contributed by atoms with E-state index in [4.69, 9.17) is 5.73 Å². The molecule has 0 fully saturated rings. The molecule has 0 aromatic heterocycles. The lowest BCUT2D eigenvalue weighted by molar-refractivity contribution is 0.497. The minimum absolute atomic E-state index is 0.131. The molecule has 0 saturated heterocycles. The van der Waals surface area contributed by atoms with E-state index in [1.165, 1.54) is 27.8 Å². The van der Waals surface area contributed by atoms with Crippen molar-refractivity contribution in [3.63, 3.8) is 0 Å². The van der Waals surface area contributed by atoms with Crippen LogP contribution in [0.1, 0.15) is 53.6 Å². The average molecular weight is 265 g/mol. The first-order valence-corrected chi connectivity index (χ1v) is 7.69. The Labute approximate surface area is 121 Å². The maximum atomic E-state index is 6.62. The number of hydrogen-bond acceptors (Lipinski definition) is 1. The SMILES string of the molecule is CCc1ccc(CC)c(C(N)C2Cc3ccccc32)c1. The van der Waals surface area contributed by atoms with Crippen LogP contribution in [-0.4, -0.2) is 0 Å². The van der Waals surface area contributed by atoms with E-state index in [1.54, 1.807) is 0 Å². The van der Waals surface area contributed by atoms with Crippen LogP contribution in [-0.2, 0) is 19.3 Å². The Morgan fingerprint density at radius 1 is 1.10 bits per heavy atom. The molecule has 2 N–H and O–H groups in total. The van der Waals surface area contributed by atoms with Gasteiger partial charge in [-0.1, -0.05) is 56.3 Å². The van der Waals surface area contributed by atoms with Gasteiger partial charge in [-0.15, -0.1) is 0 Å². The van der Waals surface area contributed by atoms with Gasteiger partial charge < -0.3 is 5.73 Å². The van der Waals surface area contributed by atoms with Crippen LogP contribution in [0.25, 0.3) is 0 Å². The van der Waals surface area contributed by atoms with E-state index < -0.39 is 0 Å². The summed E-state index contributed by atoms with van der Waals surface area (Å²) in [5.74, 6) is 0.489. The summed E-state index contributed by atoms with van der Waals surface area (Å²) in [6, 6.07) is 15.7. The van der Waals surface area contributed by atoms with Gasteiger partial charge in [-0.2, -0.15) is 0 Å². The predicted molar refractivity (Wildman–Crippen MR) is 85.0 cm³/mol. The molecule has 0 heterocycles. The van der Waals surface area contributed by atoms with Crippen molar-refractivity contribution in [2.24, 2.45) is 5.73 Å². The van der Waals surface area contributed by atoms with Crippen molar-refractivity contribution in [3.8, 4) is 0 Å². The monoisotopic (exact) mass is 265 g/mol. The van der Waals surface area contributed by atoms with E-state index in [-0.39, 0.29) is 6.04 Å². The molecule has 2 atom stereocenters. The van der Waals surface area contributed by atoms with E-state index in [0.29, 0.717) is 5.92 Å². The van der Waals surface area contributed by atoms with Gasteiger partial charge in [0.15, 0.2) is 0 Å². The summed E-state index contributed by atoms with van der Waals surface area (Å²) in [6.45, 7) is 4.42. The fourth-order valence-electron chi connectivity index (χ4n) is 3.33. The molecule has 1 nitrogen and oxygen atoms in total. The lowest BCUT2D eigenvalue weighted by Gasteiger charge is -2.35. The molecule has 104 valence electrons. The van der Waals surface area contributed by atoms with Crippen LogP contribution in [0.2, 0.25) is 0 Å². The Bertz CT molecular complexity index is 615. The molecule has 0 aliphatic heterocycles. The summed E-state index contributed by atoms with van der Waals surface area (Å²) in [5.41, 5.74) is 13.7. The highest BCUT2D eigenvalue weighted by molar-refractivity contribution is 5.45. The van der Waals surface area contributed by atoms with Crippen molar-refractivity contribution in [2.45, 2.75) is 45.1 Å². The van der Waals surface area contributed by atoms with Crippen molar-refractivity contribution in [1.82, 2.24) is 0 Å². The van der Waals surface area contributed by atoms with E-state index in [2.05, 4.69) is 56.3 Å². The van der Waals surface area contributed by atoms with Crippen LogP contribution < -0.4 is 5.73 Å². The number of benzene rings is 2. The minimum atomic E-state index is 0.131. The third-order valence-corrected chi connectivity index (χ3v) is 4.69. The van der Waals surface area contributed by atoms with Crippen molar-refractivity contribution < 1.29 is 0 Å². The second-order valence-corrected chi connectivity index (χ2v) is 5.78. The first kappa shape index (κ1) is 13.4. The highest BCUT2D eigenvalue weighted by Crippen LogP contribution is 2.43. The highest BCUT2D eigenvalue weighted by atomic mass is 14.7. The quantitative estimate of drug-likeness (QED) is 0.883. The summed E-state index contributed by atoms with van der Waals surface area (Å²) in [6.07, 6.45) is 3.25. The fourth-order valence-corrected chi connectivity index (χ4v) is 3.33. The average Bonchev–Trinajstić information content (AvgIpc) is 2.47. The molecule has 0 saturated carbocycles. The Hall–Kier alpha value is -1.60. The lowest BCUT2D eigenvalue weighted by Crippen LogP contribution is -2.29. The number of rotatable bonds is 4. The van der Waals surface area contributed by atoms with Crippen LogP contribution in [0.3, 0.4) is 0 Å². The van der Waals surface area contributed by atoms with Crippen LogP contribution in [0.4, 0.5) is 0 Å². The first-order chi connectivity index (χ1) is 9.74. The van der Waals surface area contributed by atoms with Crippen molar-refractivity contribution in [2.75, 3.05) is 0 Å². The second kappa shape index (κ2) is 5.41.